The van der Waals surface area contributed by atoms with Gasteiger partial charge in [0.1, 0.15) is 0 Å². The fourth-order valence-corrected chi connectivity index (χ4v) is 5.32. The molecule has 0 bridgehead atoms. The molecule has 2 aromatic rings. The van der Waals surface area contributed by atoms with E-state index in [1.807, 2.05) is 24.3 Å². The monoisotopic (exact) mass is 374 g/mol. The quantitative estimate of drug-likeness (QED) is 0.776. The molecule has 0 radical (unpaired) electrons. The molecule has 4 rings (SSSR count). The van der Waals surface area contributed by atoms with Gasteiger partial charge in [-0.25, -0.2) is 13.4 Å². The Hall–Kier alpha value is -1.96. The van der Waals surface area contributed by atoms with Crippen LogP contribution in [-0.4, -0.2) is 49.6 Å². The number of rotatable bonds is 6. The second-order valence-corrected chi connectivity index (χ2v) is 8.73. The van der Waals surface area contributed by atoms with Crippen LogP contribution in [-0.2, 0) is 14.8 Å². The Morgan fingerprint density at radius 1 is 1.15 bits per heavy atom. The minimum absolute atomic E-state index is 0.299. The molecular formula is C19H22N2O4S. The number of benzene rings is 1. The summed E-state index contributed by atoms with van der Waals surface area (Å²) < 4.78 is 38.6. The summed E-state index contributed by atoms with van der Waals surface area (Å²) in [6.07, 6.45) is 3.47. The van der Waals surface area contributed by atoms with Crippen molar-refractivity contribution in [1.29, 1.82) is 0 Å². The number of hydrogen-bond donors (Lipinski definition) is 0. The van der Waals surface area contributed by atoms with Gasteiger partial charge in [0, 0.05) is 32.0 Å². The van der Waals surface area contributed by atoms with Gasteiger partial charge in [-0.3, -0.25) is 0 Å². The fraction of sp³-hybridized carbons (Fsp3) is 0.421. The predicted octanol–water partition coefficient (Wildman–Crippen LogP) is 2.33. The highest BCUT2D eigenvalue weighted by Crippen LogP contribution is 2.43. The van der Waals surface area contributed by atoms with Gasteiger partial charge in [-0.05, 0) is 37.0 Å². The third-order valence-corrected chi connectivity index (χ3v) is 7.03. The lowest BCUT2D eigenvalue weighted by Gasteiger charge is -2.49. The summed E-state index contributed by atoms with van der Waals surface area (Å²) in [6, 6.07) is 14.1. The molecule has 2 fully saturated rings. The number of nitrogens with zero attached hydrogens (tertiary/aromatic N) is 2. The van der Waals surface area contributed by atoms with Crippen LogP contribution in [0.4, 0.5) is 0 Å². The van der Waals surface area contributed by atoms with Crippen molar-refractivity contribution in [3.63, 3.8) is 0 Å². The van der Waals surface area contributed by atoms with Crippen LogP contribution < -0.4 is 4.74 Å². The summed E-state index contributed by atoms with van der Waals surface area (Å²) in [4.78, 5) is 4.49. The molecule has 2 saturated heterocycles. The van der Waals surface area contributed by atoms with Crippen molar-refractivity contribution in [2.45, 2.75) is 23.3 Å². The molecule has 2 aliphatic heterocycles. The largest absolute Gasteiger partial charge is 0.478 e. The molecule has 6 nitrogen and oxygen atoms in total. The van der Waals surface area contributed by atoms with Crippen molar-refractivity contribution < 1.29 is 17.9 Å². The molecule has 0 amide bonds. The van der Waals surface area contributed by atoms with Crippen molar-refractivity contribution in [3.05, 3.63) is 54.7 Å². The van der Waals surface area contributed by atoms with Crippen LogP contribution in [0.1, 0.15) is 12.8 Å². The Morgan fingerprint density at radius 2 is 1.92 bits per heavy atom. The van der Waals surface area contributed by atoms with E-state index in [1.165, 1.54) is 4.31 Å². The van der Waals surface area contributed by atoms with E-state index < -0.39 is 10.0 Å². The number of hydrogen-bond acceptors (Lipinski definition) is 5. The maximum absolute atomic E-state index is 12.7. The standard InChI is InChI=1S/C19H22N2O4S/c22-26(23,17-6-2-1-3-7-17)21-14-19(15-21)16(10-13-25-19)9-12-24-18-8-4-5-11-20-18/h1-8,11,16H,9-10,12-15H2/t16-/m1/s1. The molecule has 138 valence electrons. The van der Waals surface area contributed by atoms with Gasteiger partial charge in [-0.15, -0.1) is 0 Å². The third kappa shape index (κ3) is 3.22. The van der Waals surface area contributed by atoms with Crippen molar-refractivity contribution in [2.24, 2.45) is 5.92 Å². The van der Waals surface area contributed by atoms with Gasteiger partial charge in [0.25, 0.3) is 0 Å². The lowest BCUT2D eigenvalue weighted by molar-refractivity contribution is -0.104. The molecule has 1 spiro atoms. The van der Waals surface area contributed by atoms with Crippen LogP contribution in [0, 0.1) is 5.92 Å². The van der Waals surface area contributed by atoms with Crippen molar-refractivity contribution in [3.8, 4) is 5.88 Å². The zero-order chi connectivity index (χ0) is 18.0. The van der Waals surface area contributed by atoms with E-state index >= 15 is 0 Å². The highest BCUT2D eigenvalue weighted by atomic mass is 32.2. The molecule has 0 N–H and O–H groups in total. The molecule has 26 heavy (non-hydrogen) atoms. The van der Waals surface area contributed by atoms with Crippen molar-refractivity contribution in [1.82, 2.24) is 9.29 Å². The number of aromatic nitrogens is 1. The minimum Gasteiger partial charge on any atom is -0.478 e. The van der Waals surface area contributed by atoms with Crippen LogP contribution in [0.2, 0.25) is 0 Å². The van der Waals surface area contributed by atoms with E-state index in [1.54, 1.807) is 30.5 Å². The molecule has 2 aliphatic rings. The normalized spacial score (nSPS) is 22.2. The molecule has 1 aromatic heterocycles. The first-order valence-electron chi connectivity index (χ1n) is 8.83. The summed E-state index contributed by atoms with van der Waals surface area (Å²) in [7, 11) is -3.44. The lowest BCUT2D eigenvalue weighted by Crippen LogP contribution is -2.66. The highest BCUT2D eigenvalue weighted by molar-refractivity contribution is 7.89. The third-order valence-electron chi connectivity index (χ3n) is 5.22. The molecule has 3 heterocycles. The van der Waals surface area contributed by atoms with E-state index in [0.717, 1.165) is 12.8 Å². The first-order chi connectivity index (χ1) is 12.6. The molecule has 0 unspecified atom stereocenters. The van der Waals surface area contributed by atoms with Gasteiger partial charge >= 0.3 is 0 Å². The molecule has 1 atom stereocenters. The van der Waals surface area contributed by atoms with Crippen LogP contribution in [0.15, 0.2) is 59.6 Å². The first-order valence-corrected chi connectivity index (χ1v) is 10.3. The molecule has 0 aliphatic carbocycles. The second kappa shape index (κ2) is 6.98. The van der Waals surface area contributed by atoms with Gasteiger partial charge in [0.15, 0.2) is 0 Å². The van der Waals surface area contributed by atoms with Crippen LogP contribution in [0.25, 0.3) is 0 Å². The van der Waals surface area contributed by atoms with E-state index in [0.29, 0.717) is 43.0 Å². The van der Waals surface area contributed by atoms with E-state index in [9.17, 15) is 8.42 Å². The van der Waals surface area contributed by atoms with E-state index in [-0.39, 0.29) is 5.60 Å². The van der Waals surface area contributed by atoms with E-state index in [4.69, 9.17) is 9.47 Å². The molecular weight excluding hydrogens is 352 g/mol. The molecule has 1 aromatic carbocycles. The summed E-state index contributed by atoms with van der Waals surface area (Å²) in [5, 5.41) is 0. The number of pyridine rings is 1. The Balaban J connectivity index is 1.36. The fourth-order valence-electron chi connectivity index (χ4n) is 3.74. The van der Waals surface area contributed by atoms with Gasteiger partial charge in [0.05, 0.1) is 17.1 Å². The average Bonchev–Trinajstić information content (AvgIpc) is 3.06. The van der Waals surface area contributed by atoms with Crippen LogP contribution >= 0.6 is 0 Å². The van der Waals surface area contributed by atoms with Gasteiger partial charge < -0.3 is 9.47 Å². The SMILES string of the molecule is O=S(=O)(c1ccccc1)N1CC2(C1)OCC[C@H]2CCOc1ccccn1. The second-order valence-electron chi connectivity index (χ2n) is 6.79. The Labute approximate surface area is 153 Å². The van der Waals surface area contributed by atoms with Gasteiger partial charge in [-0.2, -0.15) is 4.31 Å². The maximum Gasteiger partial charge on any atom is 0.243 e. The summed E-state index contributed by atoms with van der Waals surface area (Å²) in [6.45, 7) is 2.06. The lowest BCUT2D eigenvalue weighted by atomic mass is 9.80. The summed E-state index contributed by atoms with van der Waals surface area (Å²) >= 11 is 0. The molecule has 0 saturated carbocycles. The van der Waals surface area contributed by atoms with Crippen LogP contribution in [0.5, 0.6) is 5.88 Å². The van der Waals surface area contributed by atoms with Gasteiger partial charge in [0.2, 0.25) is 15.9 Å². The summed E-state index contributed by atoms with van der Waals surface area (Å²) in [5.74, 6) is 0.913. The zero-order valence-corrected chi connectivity index (χ0v) is 15.3. The number of ether oxygens (including phenoxy) is 2. The van der Waals surface area contributed by atoms with Crippen LogP contribution in [0.3, 0.4) is 0 Å². The van der Waals surface area contributed by atoms with Gasteiger partial charge in [-0.1, -0.05) is 24.3 Å². The smallest absolute Gasteiger partial charge is 0.243 e. The minimum atomic E-state index is -3.44. The first kappa shape index (κ1) is 17.5. The van der Waals surface area contributed by atoms with Crippen molar-refractivity contribution >= 4 is 10.0 Å². The average molecular weight is 374 g/mol. The predicted molar refractivity (Wildman–Crippen MR) is 96.3 cm³/mol. The van der Waals surface area contributed by atoms with Crippen molar-refractivity contribution in [2.75, 3.05) is 26.3 Å². The maximum atomic E-state index is 12.7. The topological polar surface area (TPSA) is 68.7 Å². The zero-order valence-electron chi connectivity index (χ0n) is 14.5. The molecule has 7 heteroatoms. The Kier molecular flexibility index (Phi) is 4.69. The Morgan fingerprint density at radius 3 is 2.65 bits per heavy atom. The van der Waals surface area contributed by atoms with E-state index in [2.05, 4.69) is 4.98 Å². The highest BCUT2D eigenvalue weighted by Gasteiger charge is 2.56. The number of sulfonamides is 1. The summed E-state index contributed by atoms with van der Waals surface area (Å²) in [5.41, 5.74) is -0.366. The Bertz CT molecular complexity index is 836.